The van der Waals surface area contributed by atoms with Gasteiger partial charge in [-0.2, -0.15) is 0 Å². The van der Waals surface area contributed by atoms with Crippen LogP contribution in [0.2, 0.25) is 10.0 Å². The van der Waals surface area contributed by atoms with Crippen molar-refractivity contribution in [1.82, 2.24) is 14.7 Å². The highest BCUT2D eigenvalue weighted by atomic mass is 35.5. The molecular weight excluding hydrogens is 377 g/mol. The van der Waals surface area contributed by atoms with Gasteiger partial charge in [0.05, 0.1) is 28.7 Å². The minimum atomic E-state index is -0.132. The third kappa shape index (κ3) is 3.57. The van der Waals surface area contributed by atoms with Crippen molar-refractivity contribution in [2.24, 2.45) is 0 Å². The molecule has 1 aliphatic rings. The van der Waals surface area contributed by atoms with Gasteiger partial charge >= 0.3 is 0 Å². The van der Waals surface area contributed by atoms with Gasteiger partial charge in [-0.15, -0.1) is 0 Å². The molecule has 3 aromatic rings. The topological polar surface area (TPSA) is 64.9 Å². The molecule has 0 fully saturated rings. The van der Waals surface area contributed by atoms with Crippen molar-refractivity contribution < 1.29 is 14.3 Å². The van der Waals surface area contributed by atoms with E-state index in [1.54, 1.807) is 24.4 Å². The average Bonchev–Trinajstić information content (AvgIpc) is 3.02. The SMILES string of the molecule is O=C(Cc1cc(Cl)c2c(c1)OCCO2)NCc1cn2cc(Cl)ccc2n1. The van der Waals surface area contributed by atoms with Gasteiger partial charge in [0.1, 0.15) is 18.9 Å². The van der Waals surface area contributed by atoms with E-state index in [4.69, 9.17) is 32.7 Å². The van der Waals surface area contributed by atoms with E-state index >= 15 is 0 Å². The van der Waals surface area contributed by atoms with E-state index in [0.29, 0.717) is 41.3 Å². The molecule has 4 rings (SSSR count). The van der Waals surface area contributed by atoms with Crippen LogP contribution >= 0.6 is 23.2 Å². The van der Waals surface area contributed by atoms with Crippen molar-refractivity contribution in [1.29, 1.82) is 0 Å². The number of ether oxygens (including phenoxy) is 2. The Morgan fingerprint density at radius 2 is 2.04 bits per heavy atom. The number of fused-ring (bicyclic) bond motifs is 2. The summed E-state index contributed by atoms with van der Waals surface area (Å²) in [6, 6.07) is 7.11. The Morgan fingerprint density at radius 1 is 1.19 bits per heavy atom. The second-order valence-corrected chi connectivity index (χ2v) is 6.74. The Kier molecular flexibility index (Phi) is 4.61. The van der Waals surface area contributed by atoms with Gasteiger partial charge in [0, 0.05) is 12.4 Å². The molecule has 0 saturated heterocycles. The lowest BCUT2D eigenvalue weighted by Crippen LogP contribution is -2.25. The zero-order chi connectivity index (χ0) is 18.1. The predicted octanol–water partition coefficient (Wildman–Crippen LogP) is 3.27. The van der Waals surface area contributed by atoms with Crippen LogP contribution in [0.5, 0.6) is 11.5 Å². The number of nitrogens with one attached hydrogen (secondary N) is 1. The summed E-state index contributed by atoms with van der Waals surface area (Å²) < 4.78 is 12.8. The zero-order valence-electron chi connectivity index (χ0n) is 13.7. The van der Waals surface area contributed by atoms with Gasteiger partial charge in [-0.3, -0.25) is 4.79 Å². The van der Waals surface area contributed by atoms with Crippen LogP contribution in [-0.4, -0.2) is 28.5 Å². The molecule has 26 heavy (non-hydrogen) atoms. The lowest BCUT2D eigenvalue weighted by atomic mass is 10.1. The molecule has 8 heteroatoms. The van der Waals surface area contributed by atoms with E-state index in [0.717, 1.165) is 16.9 Å². The number of benzene rings is 1. The van der Waals surface area contributed by atoms with Crippen LogP contribution in [0.4, 0.5) is 0 Å². The first-order valence-corrected chi connectivity index (χ1v) is 8.82. The lowest BCUT2D eigenvalue weighted by Gasteiger charge is -2.20. The van der Waals surface area contributed by atoms with Crippen molar-refractivity contribution in [3.63, 3.8) is 0 Å². The molecule has 1 aliphatic heterocycles. The van der Waals surface area contributed by atoms with Gasteiger partial charge in [-0.05, 0) is 29.8 Å². The van der Waals surface area contributed by atoms with E-state index in [1.165, 1.54) is 0 Å². The third-order valence-corrected chi connectivity index (χ3v) is 4.46. The molecule has 134 valence electrons. The molecule has 1 N–H and O–H groups in total. The van der Waals surface area contributed by atoms with E-state index < -0.39 is 0 Å². The van der Waals surface area contributed by atoms with E-state index in [9.17, 15) is 4.79 Å². The minimum absolute atomic E-state index is 0.132. The molecule has 6 nitrogen and oxygen atoms in total. The summed E-state index contributed by atoms with van der Waals surface area (Å²) in [4.78, 5) is 16.7. The second-order valence-electron chi connectivity index (χ2n) is 5.90. The summed E-state index contributed by atoms with van der Waals surface area (Å²) in [5, 5.41) is 3.93. The van der Waals surface area contributed by atoms with Crippen LogP contribution in [0.25, 0.3) is 5.65 Å². The van der Waals surface area contributed by atoms with Gasteiger partial charge in [0.25, 0.3) is 0 Å². The quantitative estimate of drug-likeness (QED) is 0.740. The third-order valence-electron chi connectivity index (χ3n) is 3.95. The first-order chi connectivity index (χ1) is 12.6. The normalized spacial score (nSPS) is 13.0. The zero-order valence-corrected chi connectivity index (χ0v) is 15.2. The van der Waals surface area contributed by atoms with Crippen LogP contribution in [0, 0.1) is 0 Å². The fraction of sp³-hybridized carbons (Fsp3) is 0.222. The Balaban J connectivity index is 1.41. The number of carbonyl (C=O) groups is 1. The molecule has 2 aromatic heterocycles. The number of nitrogens with zero attached hydrogens (tertiary/aromatic N) is 2. The summed E-state index contributed by atoms with van der Waals surface area (Å²) in [6.07, 6.45) is 3.80. The fourth-order valence-electron chi connectivity index (χ4n) is 2.81. The number of hydrogen-bond acceptors (Lipinski definition) is 4. The molecule has 0 bridgehead atoms. The number of hydrogen-bond donors (Lipinski definition) is 1. The number of imidazole rings is 1. The maximum Gasteiger partial charge on any atom is 0.224 e. The summed E-state index contributed by atoms with van der Waals surface area (Å²) in [7, 11) is 0. The van der Waals surface area contributed by atoms with Gasteiger partial charge in [-0.1, -0.05) is 23.2 Å². The van der Waals surface area contributed by atoms with E-state index in [-0.39, 0.29) is 12.3 Å². The molecule has 3 heterocycles. The number of halogens is 2. The van der Waals surface area contributed by atoms with Crippen molar-refractivity contribution in [2.75, 3.05) is 13.2 Å². The molecule has 0 saturated carbocycles. The van der Waals surface area contributed by atoms with Gasteiger partial charge in [0.2, 0.25) is 5.91 Å². The van der Waals surface area contributed by atoms with Gasteiger partial charge < -0.3 is 19.2 Å². The molecule has 1 amide bonds. The van der Waals surface area contributed by atoms with Gasteiger partial charge in [0.15, 0.2) is 11.5 Å². The van der Waals surface area contributed by atoms with Crippen LogP contribution in [-0.2, 0) is 17.8 Å². The number of amides is 1. The van der Waals surface area contributed by atoms with Crippen LogP contribution in [0.15, 0.2) is 36.7 Å². The molecule has 1 aromatic carbocycles. The number of carbonyl (C=O) groups excluding carboxylic acids is 1. The maximum atomic E-state index is 12.3. The first-order valence-electron chi connectivity index (χ1n) is 8.06. The first kappa shape index (κ1) is 17.0. The standard InChI is InChI=1S/C18H15Cl2N3O3/c19-12-1-2-16-22-13(10-23(16)9-12)8-21-17(24)7-11-5-14(20)18-15(6-11)25-3-4-26-18/h1-2,5-6,9-10H,3-4,7-8H2,(H,21,24). The van der Waals surface area contributed by atoms with E-state index in [2.05, 4.69) is 10.3 Å². The van der Waals surface area contributed by atoms with Crippen molar-refractivity contribution >= 4 is 34.8 Å². The predicted molar refractivity (Wildman–Crippen MR) is 98.2 cm³/mol. The fourth-order valence-corrected chi connectivity index (χ4v) is 3.26. The number of pyridine rings is 1. The molecular formula is C18H15Cl2N3O3. The summed E-state index contributed by atoms with van der Waals surface area (Å²) in [6.45, 7) is 1.27. The summed E-state index contributed by atoms with van der Waals surface area (Å²) in [5.41, 5.74) is 2.29. The Bertz CT molecular complexity index is 987. The Hall–Kier alpha value is -2.44. The highest BCUT2D eigenvalue weighted by Crippen LogP contribution is 2.38. The monoisotopic (exact) mass is 391 g/mol. The maximum absolute atomic E-state index is 12.3. The Morgan fingerprint density at radius 3 is 2.92 bits per heavy atom. The van der Waals surface area contributed by atoms with Crippen LogP contribution in [0.1, 0.15) is 11.3 Å². The molecule has 0 unspecified atom stereocenters. The summed E-state index contributed by atoms with van der Waals surface area (Å²) >= 11 is 12.2. The molecule has 0 spiro atoms. The van der Waals surface area contributed by atoms with Crippen molar-refractivity contribution in [2.45, 2.75) is 13.0 Å². The van der Waals surface area contributed by atoms with Crippen LogP contribution < -0.4 is 14.8 Å². The lowest BCUT2D eigenvalue weighted by molar-refractivity contribution is -0.120. The highest BCUT2D eigenvalue weighted by Gasteiger charge is 2.17. The number of aromatic nitrogens is 2. The Labute approximate surface area is 159 Å². The molecule has 0 aliphatic carbocycles. The number of rotatable bonds is 4. The van der Waals surface area contributed by atoms with Crippen molar-refractivity contribution in [3.8, 4) is 11.5 Å². The van der Waals surface area contributed by atoms with Crippen LogP contribution in [0.3, 0.4) is 0 Å². The molecule has 0 atom stereocenters. The second kappa shape index (κ2) is 7.05. The van der Waals surface area contributed by atoms with Gasteiger partial charge in [-0.25, -0.2) is 4.98 Å². The minimum Gasteiger partial charge on any atom is -0.486 e. The average molecular weight is 392 g/mol. The van der Waals surface area contributed by atoms with Crippen molar-refractivity contribution in [3.05, 3.63) is 58.0 Å². The smallest absolute Gasteiger partial charge is 0.224 e. The highest BCUT2D eigenvalue weighted by molar-refractivity contribution is 6.32. The molecule has 0 radical (unpaired) electrons. The van der Waals surface area contributed by atoms with E-state index in [1.807, 2.05) is 16.7 Å². The largest absolute Gasteiger partial charge is 0.486 e. The summed E-state index contributed by atoms with van der Waals surface area (Å²) in [5.74, 6) is 0.974.